The van der Waals surface area contributed by atoms with Crippen molar-refractivity contribution < 1.29 is 20.0 Å². The predicted octanol–water partition coefficient (Wildman–Crippen LogP) is 5.68. The van der Waals surface area contributed by atoms with Gasteiger partial charge in [-0.1, -0.05) is 68.4 Å². The average Bonchev–Trinajstić information content (AvgIpc) is 2.57. The van der Waals surface area contributed by atoms with Gasteiger partial charge in [0.15, 0.2) is 0 Å². The van der Waals surface area contributed by atoms with Gasteiger partial charge in [-0.05, 0) is 38.5 Å². The molecule has 0 radical (unpaired) electrons. The largest absolute Gasteiger partial charge is 0.481 e. The van der Waals surface area contributed by atoms with E-state index in [-0.39, 0.29) is 6.42 Å². The van der Waals surface area contributed by atoms with Crippen molar-refractivity contribution in [2.75, 3.05) is 0 Å². The van der Waals surface area contributed by atoms with Crippen LogP contribution >= 0.6 is 0 Å². The number of aliphatic carboxylic acids is 1. The monoisotopic (exact) mass is 336 g/mol. The van der Waals surface area contributed by atoms with Crippen molar-refractivity contribution in [2.45, 2.75) is 70.8 Å². The number of hydrogen-bond donors (Lipinski definition) is 2. The second kappa shape index (κ2) is 17.7. The molecule has 0 amide bonds. The van der Waals surface area contributed by atoms with Gasteiger partial charge in [0.1, 0.15) is 6.10 Å². The van der Waals surface area contributed by atoms with E-state index >= 15 is 0 Å². The summed E-state index contributed by atoms with van der Waals surface area (Å²) in [6.45, 7) is 2.22. The van der Waals surface area contributed by atoms with E-state index in [1.165, 1.54) is 25.7 Å². The Kier molecular flexibility index (Phi) is 16.5. The second-order valence-corrected chi connectivity index (χ2v) is 5.67. The summed E-state index contributed by atoms with van der Waals surface area (Å²) in [6, 6.07) is 0. The van der Waals surface area contributed by atoms with Crippen molar-refractivity contribution in [1.82, 2.24) is 0 Å². The third-order valence-corrected chi connectivity index (χ3v) is 3.45. The Hall–Kier alpha value is -1.65. The van der Waals surface area contributed by atoms with E-state index in [1.54, 1.807) is 12.2 Å². The quantitative estimate of drug-likeness (QED) is 0.133. The van der Waals surface area contributed by atoms with Crippen LogP contribution in [0, 0.1) is 0 Å². The lowest BCUT2D eigenvalue weighted by molar-refractivity contribution is -0.267. The lowest BCUT2D eigenvalue weighted by Gasteiger charge is -2.06. The van der Waals surface area contributed by atoms with Gasteiger partial charge in [-0.15, -0.1) is 0 Å². The van der Waals surface area contributed by atoms with Crippen LogP contribution in [0.3, 0.4) is 0 Å². The van der Waals surface area contributed by atoms with Crippen molar-refractivity contribution in [3.63, 3.8) is 0 Å². The van der Waals surface area contributed by atoms with Gasteiger partial charge in [-0.25, -0.2) is 4.89 Å². The molecule has 0 aromatic carbocycles. The van der Waals surface area contributed by atoms with Crippen LogP contribution in [0.5, 0.6) is 0 Å². The smallest absolute Gasteiger partial charge is 0.303 e. The maximum atomic E-state index is 10.4. The molecule has 0 aromatic heterocycles. The number of carbonyl (C=O) groups is 1. The topological polar surface area (TPSA) is 66.8 Å². The van der Waals surface area contributed by atoms with Gasteiger partial charge in [0, 0.05) is 6.42 Å². The standard InChI is InChI=1S/C20H32O4/c1-2-3-4-5-6-7-8-9-10-11-12-13-14-16-19(24-23)17-15-18-20(21)22/h6-7,10-14,16,19,23H,2-5,8-9,15,17-18H2,1H3,(H,21,22). The van der Waals surface area contributed by atoms with Gasteiger partial charge in [0.05, 0.1) is 0 Å². The molecule has 0 bridgehead atoms. The molecule has 136 valence electrons. The minimum atomic E-state index is -0.837. The Morgan fingerprint density at radius 1 is 0.958 bits per heavy atom. The van der Waals surface area contributed by atoms with E-state index in [2.05, 4.69) is 30.0 Å². The third-order valence-electron chi connectivity index (χ3n) is 3.45. The Morgan fingerprint density at radius 3 is 2.38 bits per heavy atom. The molecule has 0 aromatic rings. The third kappa shape index (κ3) is 16.7. The Bertz CT molecular complexity index is 408. The lowest BCUT2D eigenvalue weighted by Crippen LogP contribution is -2.08. The molecule has 1 unspecified atom stereocenters. The number of carboxylic acids is 1. The maximum absolute atomic E-state index is 10.4. The minimum absolute atomic E-state index is 0.0827. The van der Waals surface area contributed by atoms with Crippen LogP contribution < -0.4 is 0 Å². The second-order valence-electron chi connectivity index (χ2n) is 5.67. The highest BCUT2D eigenvalue weighted by Gasteiger charge is 2.05. The van der Waals surface area contributed by atoms with Gasteiger partial charge in [0.2, 0.25) is 0 Å². The number of hydrogen-bond acceptors (Lipinski definition) is 3. The zero-order valence-corrected chi connectivity index (χ0v) is 14.8. The summed E-state index contributed by atoms with van der Waals surface area (Å²) in [5.74, 6) is -0.837. The molecule has 0 heterocycles. The van der Waals surface area contributed by atoms with Gasteiger partial charge in [-0.2, -0.15) is 0 Å². The molecular weight excluding hydrogens is 304 g/mol. The first kappa shape index (κ1) is 22.4. The highest BCUT2D eigenvalue weighted by molar-refractivity contribution is 5.66. The van der Waals surface area contributed by atoms with Crippen LogP contribution in [0.25, 0.3) is 0 Å². The fraction of sp³-hybridized carbons (Fsp3) is 0.550. The van der Waals surface area contributed by atoms with E-state index in [1.807, 2.05) is 18.2 Å². The molecule has 4 nitrogen and oxygen atoms in total. The average molecular weight is 336 g/mol. The van der Waals surface area contributed by atoms with Crippen LogP contribution in [0.1, 0.15) is 64.7 Å². The number of allylic oxidation sites excluding steroid dienone is 7. The number of rotatable bonds is 15. The summed E-state index contributed by atoms with van der Waals surface area (Å²) < 4.78 is 0. The molecule has 4 heteroatoms. The van der Waals surface area contributed by atoms with E-state index < -0.39 is 12.1 Å². The highest BCUT2D eigenvalue weighted by Crippen LogP contribution is 2.06. The molecule has 0 rings (SSSR count). The molecule has 2 N–H and O–H groups in total. The van der Waals surface area contributed by atoms with Crippen LogP contribution in [-0.4, -0.2) is 22.4 Å². The van der Waals surface area contributed by atoms with Crippen LogP contribution in [0.2, 0.25) is 0 Å². The van der Waals surface area contributed by atoms with Crippen molar-refractivity contribution >= 4 is 5.97 Å². The van der Waals surface area contributed by atoms with E-state index in [0.29, 0.717) is 12.8 Å². The molecule has 0 aliphatic carbocycles. The van der Waals surface area contributed by atoms with Crippen LogP contribution in [-0.2, 0) is 9.68 Å². The SMILES string of the molecule is CCCCCC=CCCC=CC=CC=CC(CCCC(=O)O)OO. The molecule has 0 spiro atoms. The van der Waals surface area contributed by atoms with Crippen LogP contribution in [0.4, 0.5) is 0 Å². The fourth-order valence-corrected chi connectivity index (χ4v) is 2.07. The number of carboxylic acid groups (broad SMARTS) is 1. The first-order chi connectivity index (χ1) is 11.7. The summed E-state index contributed by atoms with van der Waals surface area (Å²) in [5, 5.41) is 17.3. The van der Waals surface area contributed by atoms with Gasteiger partial charge >= 0.3 is 5.97 Å². The summed E-state index contributed by atoms with van der Waals surface area (Å²) in [5.41, 5.74) is 0. The predicted molar refractivity (Wildman–Crippen MR) is 98.9 cm³/mol. The summed E-state index contributed by atoms with van der Waals surface area (Å²) >= 11 is 0. The van der Waals surface area contributed by atoms with Crippen molar-refractivity contribution in [1.29, 1.82) is 0 Å². The van der Waals surface area contributed by atoms with Gasteiger partial charge in [0.25, 0.3) is 0 Å². The first-order valence-corrected chi connectivity index (χ1v) is 8.87. The molecule has 0 aliphatic heterocycles. The zero-order valence-electron chi connectivity index (χ0n) is 14.8. The van der Waals surface area contributed by atoms with Crippen molar-refractivity contribution in [3.05, 3.63) is 48.6 Å². The Labute approximate surface area is 146 Å². The summed E-state index contributed by atoms with van der Waals surface area (Å²) in [4.78, 5) is 14.7. The lowest BCUT2D eigenvalue weighted by atomic mass is 10.1. The molecule has 0 fully saturated rings. The number of unbranched alkanes of at least 4 members (excludes halogenated alkanes) is 4. The zero-order chi connectivity index (χ0) is 17.9. The molecule has 0 saturated carbocycles. The molecule has 1 atom stereocenters. The maximum Gasteiger partial charge on any atom is 0.303 e. The Morgan fingerprint density at radius 2 is 1.67 bits per heavy atom. The van der Waals surface area contributed by atoms with E-state index in [0.717, 1.165) is 12.8 Å². The van der Waals surface area contributed by atoms with Gasteiger partial charge in [-0.3, -0.25) is 10.1 Å². The van der Waals surface area contributed by atoms with Gasteiger partial charge < -0.3 is 5.11 Å². The first-order valence-electron chi connectivity index (χ1n) is 8.87. The summed E-state index contributed by atoms with van der Waals surface area (Å²) in [7, 11) is 0. The van der Waals surface area contributed by atoms with Crippen molar-refractivity contribution in [2.24, 2.45) is 0 Å². The molecular formula is C20H32O4. The molecule has 24 heavy (non-hydrogen) atoms. The summed E-state index contributed by atoms with van der Waals surface area (Å²) in [6.07, 6.45) is 23.6. The highest BCUT2D eigenvalue weighted by atomic mass is 17.1. The minimum Gasteiger partial charge on any atom is -0.481 e. The Balaban J connectivity index is 3.75. The fourth-order valence-electron chi connectivity index (χ4n) is 2.07. The molecule has 0 aliphatic rings. The van der Waals surface area contributed by atoms with E-state index in [9.17, 15) is 4.79 Å². The normalized spacial score (nSPS) is 13.8. The molecule has 0 saturated heterocycles. The van der Waals surface area contributed by atoms with Crippen LogP contribution in [0.15, 0.2) is 48.6 Å². The van der Waals surface area contributed by atoms with Crippen molar-refractivity contribution in [3.8, 4) is 0 Å². The van der Waals surface area contributed by atoms with E-state index in [4.69, 9.17) is 10.4 Å².